The highest BCUT2D eigenvalue weighted by molar-refractivity contribution is 5.95. The normalized spacial score (nSPS) is 13.2. The Morgan fingerprint density at radius 1 is 1.07 bits per heavy atom. The van der Waals surface area contributed by atoms with Crippen molar-refractivity contribution in [2.45, 2.75) is 32.6 Å². The van der Waals surface area contributed by atoms with Crippen molar-refractivity contribution in [3.8, 4) is 0 Å². The first-order chi connectivity index (χ1) is 13.0. The molecular weight excluding hydrogens is 388 g/mol. The Balaban J connectivity index is 0.00000729. The van der Waals surface area contributed by atoms with Crippen molar-refractivity contribution < 1.29 is 23.9 Å². The number of carbonyl (C=O) groups excluding carboxylic acids is 3. The van der Waals surface area contributed by atoms with Crippen molar-refractivity contribution in [1.82, 2.24) is 15.1 Å². The van der Waals surface area contributed by atoms with E-state index in [1.165, 1.54) is 6.08 Å². The molecule has 0 radical (unpaired) electrons. The maximum absolute atomic E-state index is 12.2. The van der Waals surface area contributed by atoms with Crippen LogP contribution in [0.15, 0.2) is 12.7 Å². The fourth-order valence-electron chi connectivity index (χ4n) is 2.62. The van der Waals surface area contributed by atoms with Gasteiger partial charge in [-0.15, -0.1) is 12.4 Å². The summed E-state index contributed by atoms with van der Waals surface area (Å²) in [4.78, 5) is 38.9. The molecule has 3 amide bonds. The van der Waals surface area contributed by atoms with Crippen molar-refractivity contribution >= 4 is 36.2 Å². The summed E-state index contributed by atoms with van der Waals surface area (Å²) in [6, 6.07) is 0. The molecule has 1 saturated heterocycles. The first-order valence-corrected chi connectivity index (χ1v) is 9.25. The zero-order valence-electron chi connectivity index (χ0n) is 16.4. The van der Waals surface area contributed by atoms with E-state index in [2.05, 4.69) is 11.9 Å². The summed E-state index contributed by atoms with van der Waals surface area (Å²) in [5.41, 5.74) is 0. The molecule has 1 rings (SSSR count). The van der Waals surface area contributed by atoms with Gasteiger partial charge in [0.2, 0.25) is 11.8 Å². The van der Waals surface area contributed by atoms with Crippen molar-refractivity contribution in [2.75, 3.05) is 45.9 Å². The lowest BCUT2D eigenvalue weighted by Crippen LogP contribution is -2.50. The number of rotatable bonds is 10. The summed E-state index contributed by atoms with van der Waals surface area (Å²) in [6.45, 7) is 8.17. The summed E-state index contributed by atoms with van der Waals surface area (Å²) in [6.07, 6.45) is 2.74. The van der Waals surface area contributed by atoms with E-state index in [1.54, 1.807) is 16.7 Å². The molecule has 160 valence electrons. The fraction of sp³-hybridized carbons (Fsp3) is 0.667. The topological polar surface area (TPSA) is 112 Å². The number of nitrogens with one attached hydrogen (secondary N) is 2. The molecule has 9 nitrogen and oxygen atoms in total. The van der Waals surface area contributed by atoms with Crippen LogP contribution in [-0.2, 0) is 19.1 Å². The number of unbranched alkanes of at least 4 members (excludes halogenated alkanes) is 1. The predicted octanol–water partition coefficient (Wildman–Crippen LogP) is 1.57. The van der Waals surface area contributed by atoms with E-state index in [0.717, 1.165) is 0 Å². The molecule has 0 aromatic heterocycles. The van der Waals surface area contributed by atoms with E-state index in [0.29, 0.717) is 58.6 Å². The zero-order chi connectivity index (χ0) is 20.1. The van der Waals surface area contributed by atoms with Gasteiger partial charge in [-0.2, -0.15) is 0 Å². The van der Waals surface area contributed by atoms with Gasteiger partial charge in [-0.25, -0.2) is 4.79 Å². The molecule has 0 aromatic carbocycles. The molecule has 0 saturated carbocycles. The molecule has 28 heavy (non-hydrogen) atoms. The first kappa shape index (κ1) is 25.7. The third-order valence-electron chi connectivity index (χ3n) is 4.03. The smallest absolute Gasteiger partial charge is 0.407 e. The van der Waals surface area contributed by atoms with Crippen LogP contribution in [0.5, 0.6) is 0 Å². The predicted molar refractivity (Wildman–Crippen MR) is 108 cm³/mol. The molecule has 0 unspecified atom stereocenters. The highest BCUT2D eigenvalue weighted by atomic mass is 35.5. The molecule has 0 bridgehead atoms. The summed E-state index contributed by atoms with van der Waals surface area (Å²) in [5, 5.41) is 10.2. The van der Waals surface area contributed by atoms with Crippen LogP contribution in [0.25, 0.3) is 0 Å². The Labute approximate surface area is 172 Å². The average Bonchev–Trinajstić information content (AvgIpc) is 2.66. The number of nitrogens with zero attached hydrogens (tertiary/aromatic N) is 2. The van der Waals surface area contributed by atoms with Crippen LogP contribution >= 0.6 is 12.4 Å². The van der Waals surface area contributed by atoms with Gasteiger partial charge < -0.3 is 24.6 Å². The molecule has 0 atom stereocenters. The van der Waals surface area contributed by atoms with Crippen molar-refractivity contribution in [3.63, 3.8) is 0 Å². The lowest BCUT2D eigenvalue weighted by atomic mass is 10.2. The molecule has 0 aromatic rings. The highest BCUT2D eigenvalue weighted by Crippen LogP contribution is 2.08. The third kappa shape index (κ3) is 10.1. The van der Waals surface area contributed by atoms with E-state index < -0.39 is 6.09 Å². The average molecular weight is 419 g/mol. The largest absolute Gasteiger partial charge is 0.481 e. The number of ether oxygens (including phenoxy) is 2. The number of alkyl carbamates (subject to hydrolysis) is 1. The van der Waals surface area contributed by atoms with Gasteiger partial charge in [0.25, 0.3) is 0 Å². The second-order valence-electron chi connectivity index (χ2n) is 6.07. The summed E-state index contributed by atoms with van der Waals surface area (Å²) < 4.78 is 9.78. The molecule has 2 N–H and O–H groups in total. The fourth-order valence-corrected chi connectivity index (χ4v) is 2.62. The molecule has 0 aliphatic carbocycles. The summed E-state index contributed by atoms with van der Waals surface area (Å²) >= 11 is 0. The lowest BCUT2D eigenvalue weighted by molar-refractivity contribution is -0.139. The van der Waals surface area contributed by atoms with E-state index in [1.807, 2.05) is 0 Å². The van der Waals surface area contributed by atoms with Gasteiger partial charge >= 0.3 is 6.09 Å². The van der Waals surface area contributed by atoms with E-state index in [4.69, 9.17) is 14.9 Å². The number of piperazine rings is 1. The Bertz CT molecular complexity index is 536. The molecule has 10 heteroatoms. The number of halogens is 1. The van der Waals surface area contributed by atoms with Gasteiger partial charge in [-0.05, 0) is 19.8 Å². The summed E-state index contributed by atoms with van der Waals surface area (Å²) in [5.74, 6) is -0.114. The van der Waals surface area contributed by atoms with Crippen LogP contribution in [0.3, 0.4) is 0 Å². The molecule has 1 heterocycles. The van der Waals surface area contributed by atoms with Gasteiger partial charge in [0.1, 0.15) is 13.0 Å². The van der Waals surface area contributed by atoms with E-state index in [9.17, 15) is 14.4 Å². The van der Waals surface area contributed by atoms with E-state index >= 15 is 0 Å². The number of amides is 3. The van der Waals surface area contributed by atoms with Gasteiger partial charge in [0.05, 0.1) is 6.61 Å². The quantitative estimate of drug-likeness (QED) is 0.242. The van der Waals surface area contributed by atoms with Gasteiger partial charge in [-0.1, -0.05) is 12.7 Å². The summed E-state index contributed by atoms with van der Waals surface area (Å²) in [7, 11) is 0. The van der Waals surface area contributed by atoms with Gasteiger partial charge in [0.15, 0.2) is 5.90 Å². The highest BCUT2D eigenvalue weighted by Gasteiger charge is 2.24. The maximum atomic E-state index is 12.2. The SMILES string of the molecule is C=CCOC(=O)NCCCCC(=O)N1CCN(C(=O)CC(=N)OCC)CC1.Cl. The Morgan fingerprint density at radius 3 is 2.25 bits per heavy atom. The van der Waals surface area contributed by atoms with Crippen LogP contribution in [0.2, 0.25) is 0 Å². The van der Waals surface area contributed by atoms with Crippen LogP contribution in [-0.4, -0.2) is 79.5 Å². The van der Waals surface area contributed by atoms with Gasteiger partial charge in [-0.3, -0.25) is 15.0 Å². The lowest BCUT2D eigenvalue weighted by Gasteiger charge is -2.35. The van der Waals surface area contributed by atoms with Crippen molar-refractivity contribution in [1.29, 1.82) is 5.41 Å². The van der Waals surface area contributed by atoms with Crippen LogP contribution < -0.4 is 5.32 Å². The number of carbonyl (C=O) groups is 3. The Hall–Kier alpha value is -2.29. The number of hydrogen-bond acceptors (Lipinski definition) is 6. The van der Waals surface area contributed by atoms with E-state index in [-0.39, 0.29) is 43.1 Å². The third-order valence-corrected chi connectivity index (χ3v) is 4.03. The minimum Gasteiger partial charge on any atom is -0.481 e. The second-order valence-corrected chi connectivity index (χ2v) is 6.07. The van der Waals surface area contributed by atoms with Gasteiger partial charge in [0, 0.05) is 39.1 Å². The minimum absolute atomic E-state index is 0. The molecule has 1 aliphatic heterocycles. The number of hydrogen-bond donors (Lipinski definition) is 2. The van der Waals surface area contributed by atoms with Crippen LogP contribution in [0.1, 0.15) is 32.6 Å². The first-order valence-electron chi connectivity index (χ1n) is 9.25. The van der Waals surface area contributed by atoms with Crippen LogP contribution in [0.4, 0.5) is 4.79 Å². The van der Waals surface area contributed by atoms with Crippen molar-refractivity contribution in [3.05, 3.63) is 12.7 Å². The zero-order valence-corrected chi connectivity index (χ0v) is 17.2. The Kier molecular flexibility index (Phi) is 13.5. The second kappa shape index (κ2) is 14.7. The molecular formula is C18H31ClN4O5. The monoisotopic (exact) mass is 418 g/mol. The van der Waals surface area contributed by atoms with Crippen LogP contribution in [0, 0.1) is 5.41 Å². The minimum atomic E-state index is -0.487. The Morgan fingerprint density at radius 2 is 1.68 bits per heavy atom. The molecule has 1 aliphatic rings. The standard InChI is InChI=1S/C18H30N4O5.ClH/c1-3-13-27-18(25)20-8-6-5-7-16(23)21-9-11-22(12-10-21)17(24)14-15(19)26-4-2;/h3,19H,1,4-14H2,2H3,(H,20,25);1H. The maximum Gasteiger partial charge on any atom is 0.407 e. The van der Waals surface area contributed by atoms with Crippen molar-refractivity contribution in [2.24, 2.45) is 0 Å². The molecule has 0 spiro atoms. The molecule has 1 fully saturated rings.